The molecule has 1 aliphatic rings. The summed E-state index contributed by atoms with van der Waals surface area (Å²) in [7, 11) is 0. The number of hydrogen-bond acceptors (Lipinski definition) is 2. The molecule has 12 rings (SSSR count). The molecule has 0 amide bonds. The highest BCUT2D eigenvalue weighted by Gasteiger charge is 2.41. The number of fused-ring (bicyclic) bond motifs is 10. The summed E-state index contributed by atoms with van der Waals surface area (Å²) in [6.45, 7) is 4.69. The molecule has 0 spiro atoms. The van der Waals surface area contributed by atoms with Gasteiger partial charge in [-0.25, -0.2) is 0 Å². The Morgan fingerprint density at radius 1 is 0.333 bits per heavy atom. The third kappa shape index (κ3) is 6.47. The molecule has 3 heteroatoms. The van der Waals surface area contributed by atoms with E-state index in [9.17, 15) is 0 Å². The molecule has 11 aromatic carbocycles. The number of anilines is 6. The minimum absolute atomic E-state index is 0.127. The molecular weight excluding hydrogens is 820 g/mol. The molecule has 0 unspecified atom stereocenters. The first kappa shape index (κ1) is 39.9. The summed E-state index contributed by atoms with van der Waals surface area (Å²) in [6.07, 6.45) is 2.00. The van der Waals surface area contributed by atoms with Gasteiger partial charge in [0.15, 0.2) is 0 Å². The molecule has 0 radical (unpaired) electrons. The fraction of sp³-hybridized carbons (Fsp3) is 0.0794. The number of halogens is 1. The van der Waals surface area contributed by atoms with Crippen molar-refractivity contribution >= 4 is 88.8 Å². The van der Waals surface area contributed by atoms with E-state index >= 15 is 0 Å². The Hall–Kier alpha value is -7.65. The van der Waals surface area contributed by atoms with Crippen molar-refractivity contribution in [3.05, 3.63) is 241 Å². The van der Waals surface area contributed by atoms with Crippen molar-refractivity contribution in [1.82, 2.24) is 0 Å². The van der Waals surface area contributed by atoms with Crippen LogP contribution in [0.4, 0.5) is 34.1 Å². The van der Waals surface area contributed by atoms with Crippen molar-refractivity contribution in [1.29, 1.82) is 0 Å². The Morgan fingerprint density at radius 2 is 0.803 bits per heavy atom. The van der Waals surface area contributed by atoms with Gasteiger partial charge in [0.25, 0.3) is 0 Å². The van der Waals surface area contributed by atoms with E-state index in [-0.39, 0.29) is 5.41 Å². The average molecular weight is 868 g/mol. The van der Waals surface area contributed by atoms with E-state index in [0.717, 1.165) is 47.0 Å². The van der Waals surface area contributed by atoms with Crippen LogP contribution < -0.4 is 9.80 Å². The van der Waals surface area contributed by atoms with Crippen molar-refractivity contribution < 1.29 is 0 Å². The van der Waals surface area contributed by atoms with Crippen LogP contribution >= 0.6 is 11.6 Å². The summed E-state index contributed by atoms with van der Waals surface area (Å²) in [4.78, 5) is 4.75. The molecule has 0 heterocycles. The fourth-order valence-corrected chi connectivity index (χ4v) is 11.3. The monoisotopic (exact) mass is 866 g/mol. The smallest absolute Gasteiger partial charge is 0.0482 e. The Bertz CT molecular complexity index is 3650. The van der Waals surface area contributed by atoms with Crippen molar-refractivity contribution in [3.8, 4) is 22.3 Å². The molecule has 0 N–H and O–H groups in total. The van der Waals surface area contributed by atoms with Gasteiger partial charge in [-0.2, -0.15) is 0 Å². The zero-order chi connectivity index (χ0) is 44.4. The highest BCUT2D eigenvalue weighted by molar-refractivity contribution is 6.31. The Morgan fingerprint density at radius 3 is 1.44 bits per heavy atom. The van der Waals surface area contributed by atoms with Crippen LogP contribution in [0.5, 0.6) is 0 Å². The van der Waals surface area contributed by atoms with E-state index < -0.39 is 0 Å². The van der Waals surface area contributed by atoms with E-state index in [4.69, 9.17) is 11.6 Å². The molecule has 2 nitrogen and oxygen atoms in total. The molecular formula is C63H47ClN2. The van der Waals surface area contributed by atoms with Gasteiger partial charge in [0, 0.05) is 44.6 Å². The summed E-state index contributed by atoms with van der Waals surface area (Å²) >= 11 is 6.83. The van der Waals surface area contributed by atoms with Crippen molar-refractivity contribution in [2.24, 2.45) is 0 Å². The second-order valence-electron chi connectivity index (χ2n) is 17.7. The molecule has 0 aromatic heterocycles. The van der Waals surface area contributed by atoms with Gasteiger partial charge >= 0.3 is 0 Å². The van der Waals surface area contributed by atoms with Gasteiger partial charge in [-0.3, -0.25) is 0 Å². The SMILES string of the molecule is CCC1(CC)c2cc(-c3ccccc3)ccc2-c2ccc(N(c3cccc(Cl)c3)c3cccc(N(c4ccccc4)c4ccc5cc6c7ccccc7c7ccccc7c6cc5c4)c3)cc21. The van der Waals surface area contributed by atoms with E-state index in [1.807, 2.05) is 12.1 Å². The van der Waals surface area contributed by atoms with Crippen LogP contribution in [0.25, 0.3) is 65.3 Å². The second kappa shape index (κ2) is 16.1. The predicted octanol–water partition coefficient (Wildman–Crippen LogP) is 18.6. The largest absolute Gasteiger partial charge is 0.310 e. The van der Waals surface area contributed by atoms with Crippen LogP contribution in [0, 0.1) is 0 Å². The van der Waals surface area contributed by atoms with Crippen LogP contribution in [0.15, 0.2) is 224 Å². The van der Waals surface area contributed by atoms with E-state index in [1.165, 1.54) is 76.5 Å². The van der Waals surface area contributed by atoms with Crippen molar-refractivity contribution in [3.63, 3.8) is 0 Å². The fourth-order valence-electron chi connectivity index (χ4n) is 11.1. The summed E-state index contributed by atoms with van der Waals surface area (Å²) in [5.41, 5.74) is 14.2. The molecule has 11 aromatic rings. The highest BCUT2D eigenvalue weighted by atomic mass is 35.5. The lowest BCUT2D eigenvalue weighted by atomic mass is 9.73. The van der Waals surface area contributed by atoms with Gasteiger partial charge in [-0.1, -0.05) is 159 Å². The number of benzene rings is 11. The number of hydrogen-bond donors (Lipinski definition) is 0. The maximum Gasteiger partial charge on any atom is 0.0482 e. The quantitative estimate of drug-likeness (QED) is 0.105. The van der Waals surface area contributed by atoms with Crippen molar-refractivity contribution in [2.45, 2.75) is 32.1 Å². The Kier molecular flexibility index (Phi) is 9.73. The summed E-state index contributed by atoms with van der Waals surface area (Å²) in [6, 6.07) is 82.1. The van der Waals surface area contributed by atoms with Crippen LogP contribution in [-0.4, -0.2) is 0 Å². The summed E-state index contributed by atoms with van der Waals surface area (Å²) in [5, 5.41) is 10.8. The van der Waals surface area contributed by atoms with Gasteiger partial charge < -0.3 is 9.80 Å². The number of nitrogens with zero attached hydrogens (tertiary/aromatic N) is 2. The predicted molar refractivity (Wildman–Crippen MR) is 283 cm³/mol. The Balaban J connectivity index is 1.00. The topological polar surface area (TPSA) is 6.48 Å². The molecule has 66 heavy (non-hydrogen) atoms. The van der Waals surface area contributed by atoms with Gasteiger partial charge in [0.1, 0.15) is 0 Å². The lowest BCUT2D eigenvalue weighted by molar-refractivity contribution is 0.490. The first-order chi connectivity index (χ1) is 32.5. The van der Waals surface area contributed by atoms with Crippen LogP contribution in [0.1, 0.15) is 37.8 Å². The summed E-state index contributed by atoms with van der Waals surface area (Å²) < 4.78 is 0. The zero-order valence-electron chi connectivity index (χ0n) is 37.0. The molecule has 0 aliphatic heterocycles. The molecule has 0 bridgehead atoms. The molecule has 1 aliphatic carbocycles. The van der Waals surface area contributed by atoms with Gasteiger partial charge in [0.05, 0.1) is 0 Å². The van der Waals surface area contributed by atoms with E-state index in [1.54, 1.807) is 0 Å². The first-order valence-corrected chi connectivity index (χ1v) is 23.5. The minimum Gasteiger partial charge on any atom is -0.310 e. The van der Waals surface area contributed by atoms with Gasteiger partial charge in [0.2, 0.25) is 0 Å². The molecule has 0 atom stereocenters. The normalized spacial score (nSPS) is 12.7. The van der Waals surface area contributed by atoms with Gasteiger partial charge in [-0.05, 0) is 180 Å². The molecule has 0 fully saturated rings. The number of rotatable bonds is 9. The zero-order valence-corrected chi connectivity index (χ0v) is 37.8. The van der Waals surface area contributed by atoms with Crippen LogP contribution in [0.2, 0.25) is 5.02 Å². The first-order valence-electron chi connectivity index (χ1n) is 23.1. The molecule has 316 valence electrons. The lowest BCUT2D eigenvalue weighted by Gasteiger charge is -2.32. The van der Waals surface area contributed by atoms with Crippen molar-refractivity contribution in [2.75, 3.05) is 9.80 Å². The third-order valence-electron chi connectivity index (χ3n) is 14.3. The Labute approximate surface area is 391 Å². The highest BCUT2D eigenvalue weighted by Crippen LogP contribution is 2.55. The van der Waals surface area contributed by atoms with E-state index in [0.29, 0.717) is 5.02 Å². The van der Waals surface area contributed by atoms with Crippen LogP contribution in [-0.2, 0) is 5.41 Å². The molecule has 0 saturated carbocycles. The third-order valence-corrected chi connectivity index (χ3v) is 14.5. The summed E-state index contributed by atoms with van der Waals surface area (Å²) in [5.74, 6) is 0. The second-order valence-corrected chi connectivity index (χ2v) is 18.1. The standard InChI is InChI=1S/C63H47ClN2/c1-3-63(4-2)61-38-44(42-17-7-5-8-18-42)30-33-57(61)58-34-32-52(41-62(58)63)66(48-22-15-19-46(64)39-48)50-24-16-23-49(40-50)65(47-20-9-6-10-21-47)51-31-29-43-36-59-55-27-13-11-25-53(55)54-26-12-14-28-56(54)60(59)37-45(43)35-51/h5-41H,3-4H2,1-2H3. The maximum atomic E-state index is 6.83. The minimum atomic E-state index is -0.127. The van der Waals surface area contributed by atoms with Gasteiger partial charge in [-0.15, -0.1) is 0 Å². The van der Waals surface area contributed by atoms with E-state index in [2.05, 4.69) is 236 Å². The maximum absolute atomic E-state index is 6.83. The van der Waals surface area contributed by atoms with Crippen LogP contribution in [0.3, 0.4) is 0 Å². The lowest BCUT2D eigenvalue weighted by Crippen LogP contribution is -2.23. The molecule has 0 saturated heterocycles. The average Bonchev–Trinajstić information content (AvgIpc) is 3.65. The number of para-hydroxylation sites is 1.